The molecule has 5 rings (SSSR count). The molecule has 8 nitrogen and oxygen atoms in total. The number of esters is 1. The van der Waals surface area contributed by atoms with E-state index in [1.54, 1.807) is 44.3 Å². The molecular formula is C38H49ClN2O6. The molecule has 0 radical (unpaired) electrons. The quantitative estimate of drug-likeness (QED) is 0.218. The Morgan fingerprint density at radius 2 is 2.04 bits per heavy atom. The molecule has 0 saturated heterocycles. The van der Waals surface area contributed by atoms with Crippen molar-refractivity contribution in [3.63, 3.8) is 0 Å². The van der Waals surface area contributed by atoms with Gasteiger partial charge in [-0.3, -0.25) is 4.79 Å². The molecule has 9 heteroatoms. The van der Waals surface area contributed by atoms with Crippen molar-refractivity contribution in [1.82, 2.24) is 4.90 Å². The number of nitrogens with zero attached hydrogens (tertiary/aromatic N) is 2. The molecule has 0 unspecified atom stereocenters. The zero-order valence-corrected chi connectivity index (χ0v) is 28.7. The number of hydrogen-bond acceptors (Lipinski definition) is 7. The van der Waals surface area contributed by atoms with Gasteiger partial charge < -0.3 is 29.5 Å². The van der Waals surface area contributed by atoms with Crippen LogP contribution < -0.4 is 9.64 Å². The number of carbonyl (C=O) groups is 2. The lowest BCUT2D eigenvalue weighted by Gasteiger charge is -2.45. The number of amides is 1. The molecule has 1 spiro atoms. The van der Waals surface area contributed by atoms with Crippen LogP contribution in [0, 0.1) is 17.8 Å². The molecule has 2 aromatic carbocycles. The second-order valence-corrected chi connectivity index (χ2v) is 14.0. The third kappa shape index (κ3) is 6.57. The van der Waals surface area contributed by atoms with Crippen molar-refractivity contribution in [3.05, 3.63) is 83.4 Å². The maximum Gasteiger partial charge on any atom is 0.343 e. The Balaban J connectivity index is 1.60. The minimum absolute atomic E-state index is 0.0944. The van der Waals surface area contributed by atoms with Crippen molar-refractivity contribution in [2.24, 2.45) is 17.8 Å². The summed E-state index contributed by atoms with van der Waals surface area (Å²) in [7, 11) is 2.89. The standard InChI is InChI=1S/C38H49ClN2O6/c1-6-9-19-40(4)35(43)30(7-2)38(45,36(44)46-5)27-13-17-34-32(21-27)41(22-26-12-15-29(26)33(42)8-3)23-37(24-47-34)18-10-11-25-20-28(39)14-16-31(25)37/h6,8,13-14,16-17,20-21,26,29-30,33,42,45H,1,3,7,9-12,15,18-19,22-24H2,2,4-5H3/t26-,29+,30-,33-,37-,38+/m0/s1. The Bertz CT molecular complexity index is 1500. The van der Waals surface area contributed by atoms with Gasteiger partial charge in [-0.25, -0.2) is 4.79 Å². The van der Waals surface area contributed by atoms with Gasteiger partial charge in [-0.05, 0) is 97.7 Å². The minimum atomic E-state index is -2.24. The molecule has 3 aliphatic rings. The monoisotopic (exact) mass is 664 g/mol. The number of hydrogen-bond donors (Lipinski definition) is 2. The van der Waals surface area contributed by atoms with Crippen LogP contribution >= 0.6 is 11.6 Å². The number of aryl methyl sites for hydroxylation is 1. The number of fused-ring (bicyclic) bond motifs is 3. The van der Waals surface area contributed by atoms with Gasteiger partial charge in [0.2, 0.25) is 5.91 Å². The molecule has 254 valence electrons. The highest BCUT2D eigenvalue weighted by molar-refractivity contribution is 6.30. The maximum atomic E-state index is 13.7. The first kappa shape index (κ1) is 35.0. The van der Waals surface area contributed by atoms with E-state index in [2.05, 4.69) is 30.2 Å². The Kier molecular flexibility index (Phi) is 10.7. The summed E-state index contributed by atoms with van der Waals surface area (Å²) in [5.74, 6) is -1.37. The number of aliphatic hydroxyl groups excluding tert-OH is 1. The fourth-order valence-electron chi connectivity index (χ4n) is 8.01. The third-order valence-corrected chi connectivity index (χ3v) is 11.1. The van der Waals surface area contributed by atoms with Crippen LogP contribution in [0.2, 0.25) is 5.02 Å². The molecule has 2 aromatic rings. The Labute approximate surface area is 284 Å². The minimum Gasteiger partial charge on any atom is -0.490 e. The number of aliphatic hydroxyl groups is 2. The van der Waals surface area contributed by atoms with E-state index in [0.717, 1.165) is 37.8 Å². The van der Waals surface area contributed by atoms with Crippen molar-refractivity contribution in [2.75, 3.05) is 45.3 Å². The van der Waals surface area contributed by atoms with E-state index in [9.17, 15) is 19.8 Å². The first-order valence-corrected chi connectivity index (χ1v) is 17.2. The molecule has 1 aliphatic heterocycles. The highest BCUT2D eigenvalue weighted by Crippen LogP contribution is 2.48. The third-order valence-electron chi connectivity index (χ3n) is 10.8. The molecule has 47 heavy (non-hydrogen) atoms. The molecule has 0 bridgehead atoms. The molecule has 1 heterocycles. The number of methoxy groups -OCH3 is 1. The van der Waals surface area contributed by atoms with E-state index in [-0.39, 0.29) is 35.1 Å². The Hall–Kier alpha value is -3.33. The fraction of sp³-hybridized carbons (Fsp3) is 0.526. The molecule has 1 fully saturated rings. The van der Waals surface area contributed by atoms with Gasteiger partial charge in [0.15, 0.2) is 5.60 Å². The van der Waals surface area contributed by atoms with Crippen LogP contribution in [0.4, 0.5) is 5.69 Å². The zero-order valence-electron chi connectivity index (χ0n) is 27.9. The highest BCUT2D eigenvalue weighted by atomic mass is 35.5. The summed E-state index contributed by atoms with van der Waals surface area (Å²) in [5, 5.41) is 23.8. The van der Waals surface area contributed by atoms with Gasteiger partial charge in [-0.15, -0.1) is 13.2 Å². The van der Waals surface area contributed by atoms with E-state index >= 15 is 0 Å². The maximum absolute atomic E-state index is 13.7. The molecule has 6 atom stereocenters. The van der Waals surface area contributed by atoms with Crippen LogP contribution in [0.25, 0.3) is 0 Å². The first-order valence-electron chi connectivity index (χ1n) is 16.8. The largest absolute Gasteiger partial charge is 0.490 e. The lowest BCUT2D eigenvalue weighted by Crippen LogP contribution is -2.51. The number of anilines is 1. The second-order valence-electron chi connectivity index (χ2n) is 13.6. The second kappa shape index (κ2) is 14.4. The highest BCUT2D eigenvalue weighted by Gasteiger charge is 2.51. The van der Waals surface area contributed by atoms with Crippen LogP contribution in [0.3, 0.4) is 0 Å². The predicted octanol–water partition coefficient (Wildman–Crippen LogP) is 5.81. The van der Waals surface area contributed by atoms with E-state index in [4.69, 9.17) is 21.1 Å². The summed E-state index contributed by atoms with van der Waals surface area (Å²) in [5.41, 5.74) is 0.920. The average Bonchev–Trinajstić information content (AvgIpc) is 3.21. The van der Waals surface area contributed by atoms with Crippen molar-refractivity contribution >= 4 is 29.2 Å². The van der Waals surface area contributed by atoms with Crippen LogP contribution in [-0.2, 0) is 31.8 Å². The molecule has 1 amide bonds. The SMILES string of the molecule is C=CCCN(C)C(=O)[C@H](CC)[C@@](O)(C(=O)OC)c1ccc2c(c1)N(C[C@@H]1CC[C@H]1[C@@H](O)C=C)C[C@@]1(CCCc3cc(Cl)ccc31)CO2. The fourth-order valence-corrected chi connectivity index (χ4v) is 8.20. The topological polar surface area (TPSA) is 99.5 Å². The lowest BCUT2D eigenvalue weighted by atomic mass is 9.68. The van der Waals surface area contributed by atoms with Crippen LogP contribution in [0.5, 0.6) is 5.75 Å². The number of ether oxygens (including phenoxy) is 2. The first-order chi connectivity index (χ1) is 22.5. The van der Waals surface area contributed by atoms with Gasteiger partial charge in [-0.2, -0.15) is 0 Å². The van der Waals surface area contributed by atoms with Gasteiger partial charge in [0.1, 0.15) is 5.75 Å². The van der Waals surface area contributed by atoms with Crippen molar-refractivity contribution < 1.29 is 29.3 Å². The zero-order chi connectivity index (χ0) is 33.9. The van der Waals surface area contributed by atoms with Crippen LogP contribution in [0.15, 0.2) is 61.7 Å². The summed E-state index contributed by atoms with van der Waals surface area (Å²) in [6.07, 6.45) is 8.31. The van der Waals surface area contributed by atoms with Gasteiger partial charge >= 0.3 is 5.97 Å². The smallest absolute Gasteiger partial charge is 0.343 e. The number of halogens is 1. The van der Waals surface area contributed by atoms with Crippen LogP contribution in [0.1, 0.15) is 62.1 Å². The van der Waals surface area contributed by atoms with Crippen LogP contribution in [-0.4, -0.2) is 73.5 Å². The number of carbonyl (C=O) groups excluding carboxylic acids is 2. The molecule has 2 aliphatic carbocycles. The predicted molar refractivity (Wildman–Crippen MR) is 185 cm³/mol. The van der Waals surface area contributed by atoms with Crippen molar-refractivity contribution in [1.29, 1.82) is 0 Å². The van der Waals surface area contributed by atoms with Crippen molar-refractivity contribution in [2.45, 2.75) is 69.0 Å². The summed E-state index contributed by atoms with van der Waals surface area (Å²) in [6.45, 7) is 11.5. The van der Waals surface area contributed by atoms with Crippen molar-refractivity contribution in [3.8, 4) is 5.75 Å². The average molecular weight is 665 g/mol. The van der Waals surface area contributed by atoms with E-state index in [1.165, 1.54) is 23.1 Å². The number of benzene rings is 2. The molecule has 2 N–H and O–H groups in total. The molecule has 0 aromatic heterocycles. The summed E-state index contributed by atoms with van der Waals surface area (Å²) >= 11 is 6.43. The van der Waals surface area contributed by atoms with Gasteiger partial charge in [0.25, 0.3) is 0 Å². The molecular weight excluding hydrogens is 616 g/mol. The summed E-state index contributed by atoms with van der Waals surface area (Å²) in [4.78, 5) is 31.1. The van der Waals surface area contributed by atoms with E-state index in [0.29, 0.717) is 43.4 Å². The van der Waals surface area contributed by atoms with E-state index in [1.807, 2.05) is 6.07 Å². The van der Waals surface area contributed by atoms with Gasteiger partial charge in [-0.1, -0.05) is 42.8 Å². The number of rotatable bonds is 12. The Morgan fingerprint density at radius 1 is 1.26 bits per heavy atom. The summed E-state index contributed by atoms with van der Waals surface area (Å²) in [6, 6.07) is 11.4. The normalized spacial score (nSPS) is 24.3. The van der Waals surface area contributed by atoms with Gasteiger partial charge in [0.05, 0.1) is 31.4 Å². The van der Waals surface area contributed by atoms with Gasteiger partial charge in [0, 0.05) is 37.1 Å². The lowest BCUT2D eigenvalue weighted by molar-refractivity contribution is -0.176. The summed E-state index contributed by atoms with van der Waals surface area (Å²) < 4.78 is 11.8. The Morgan fingerprint density at radius 3 is 2.70 bits per heavy atom. The molecule has 1 saturated carbocycles. The van der Waals surface area contributed by atoms with E-state index < -0.39 is 23.6 Å².